The van der Waals surface area contributed by atoms with Crippen molar-refractivity contribution in [1.29, 1.82) is 0 Å². The lowest BCUT2D eigenvalue weighted by molar-refractivity contribution is -0.156. The Morgan fingerprint density at radius 1 is 0.925 bits per heavy atom. The number of nitrogens with two attached hydrogens (primary N) is 2. The van der Waals surface area contributed by atoms with Gasteiger partial charge in [0.1, 0.15) is 24.1 Å². The Morgan fingerprint density at radius 3 is 2.02 bits per heavy atom. The standard InChI is InChI=1S/C31H58N4O5/c1-2-3-4-5-6-7-8-9-10-11-12-13-16-19-24-39-28-26(25-36)40-31(29(28)37,21-17-14-15-18-22-32)35-23-20-27(33)34-30(35)38/h20,23,26,28-29,36-37H,2-19,21-22,24-25,32H2,1H3,(H2,33,34,38)/t26-,28-,29-,31-/m1/s1. The van der Waals surface area contributed by atoms with Crippen LogP contribution in [0, 0.1) is 0 Å². The number of aliphatic hydroxyl groups excluding tert-OH is 2. The Hall–Kier alpha value is -1.52. The Labute approximate surface area is 242 Å². The first kappa shape index (κ1) is 34.7. The van der Waals surface area contributed by atoms with E-state index in [1.165, 1.54) is 93.9 Å². The van der Waals surface area contributed by atoms with Crippen molar-refractivity contribution in [2.24, 2.45) is 5.73 Å². The van der Waals surface area contributed by atoms with E-state index in [0.717, 1.165) is 38.5 Å². The third-order valence-electron chi connectivity index (χ3n) is 8.21. The number of nitrogen functional groups attached to an aromatic ring is 1. The largest absolute Gasteiger partial charge is 0.394 e. The topological polar surface area (TPSA) is 146 Å². The first-order chi connectivity index (χ1) is 19.5. The van der Waals surface area contributed by atoms with Gasteiger partial charge in [0.2, 0.25) is 0 Å². The van der Waals surface area contributed by atoms with Crippen LogP contribution in [0.3, 0.4) is 0 Å². The molecule has 0 aromatic carbocycles. The van der Waals surface area contributed by atoms with Crippen molar-refractivity contribution < 1.29 is 19.7 Å². The van der Waals surface area contributed by atoms with E-state index in [0.29, 0.717) is 19.6 Å². The maximum absolute atomic E-state index is 12.8. The fourth-order valence-corrected chi connectivity index (χ4v) is 5.82. The van der Waals surface area contributed by atoms with Gasteiger partial charge in [-0.15, -0.1) is 0 Å². The minimum Gasteiger partial charge on any atom is -0.394 e. The second kappa shape index (κ2) is 20.4. The summed E-state index contributed by atoms with van der Waals surface area (Å²) in [5, 5.41) is 21.5. The van der Waals surface area contributed by atoms with Crippen molar-refractivity contribution in [2.75, 3.05) is 25.5 Å². The summed E-state index contributed by atoms with van der Waals surface area (Å²) >= 11 is 0. The van der Waals surface area contributed by atoms with Gasteiger partial charge < -0.3 is 31.2 Å². The molecule has 9 nitrogen and oxygen atoms in total. The molecule has 0 radical (unpaired) electrons. The molecule has 9 heteroatoms. The number of hydrogen-bond acceptors (Lipinski definition) is 8. The molecule has 0 spiro atoms. The summed E-state index contributed by atoms with van der Waals surface area (Å²) in [5.74, 6) is 0.108. The van der Waals surface area contributed by atoms with Gasteiger partial charge in [-0.3, -0.25) is 4.57 Å². The molecule has 1 aromatic rings. The second-order valence-corrected chi connectivity index (χ2v) is 11.5. The van der Waals surface area contributed by atoms with E-state index in [2.05, 4.69) is 11.9 Å². The Kier molecular flexibility index (Phi) is 17.7. The van der Waals surface area contributed by atoms with E-state index in [9.17, 15) is 15.0 Å². The molecule has 2 rings (SSSR count). The fraction of sp³-hybridized carbons (Fsp3) is 0.871. The van der Waals surface area contributed by atoms with E-state index in [1.807, 2.05) is 0 Å². The Morgan fingerprint density at radius 2 is 1.48 bits per heavy atom. The van der Waals surface area contributed by atoms with Crippen LogP contribution in [0.1, 0.15) is 129 Å². The van der Waals surface area contributed by atoms with Crippen LogP contribution in [0.5, 0.6) is 0 Å². The van der Waals surface area contributed by atoms with Crippen LogP contribution in [0.25, 0.3) is 0 Å². The van der Waals surface area contributed by atoms with Crippen molar-refractivity contribution in [3.8, 4) is 0 Å². The SMILES string of the molecule is CCCCCCCCCCCCCCCCO[C@H]1[C@@H](O)[C@](CCCCCCN)(n2ccc(N)nc2=O)O[C@@H]1CO. The molecule has 0 bridgehead atoms. The zero-order valence-corrected chi connectivity index (χ0v) is 25.1. The first-order valence-electron chi connectivity index (χ1n) is 16.1. The number of hydrogen-bond donors (Lipinski definition) is 4. The van der Waals surface area contributed by atoms with Crippen LogP contribution in [-0.2, 0) is 15.2 Å². The maximum Gasteiger partial charge on any atom is 0.351 e. The average molecular weight is 567 g/mol. The number of aromatic nitrogens is 2. The van der Waals surface area contributed by atoms with Gasteiger partial charge in [0.25, 0.3) is 0 Å². The third kappa shape index (κ3) is 11.4. The summed E-state index contributed by atoms with van der Waals surface area (Å²) in [6, 6.07) is 1.52. The molecule has 1 aromatic heterocycles. The number of anilines is 1. The smallest absolute Gasteiger partial charge is 0.351 e. The van der Waals surface area contributed by atoms with E-state index in [4.69, 9.17) is 20.9 Å². The van der Waals surface area contributed by atoms with Gasteiger partial charge in [-0.2, -0.15) is 4.98 Å². The Bertz CT molecular complexity index is 838. The zero-order valence-electron chi connectivity index (χ0n) is 25.1. The number of ether oxygens (including phenoxy) is 2. The minimum absolute atomic E-state index is 0.108. The summed E-state index contributed by atoms with van der Waals surface area (Å²) in [6.45, 7) is 3.06. The second-order valence-electron chi connectivity index (χ2n) is 11.5. The van der Waals surface area contributed by atoms with Crippen LogP contribution in [0.15, 0.2) is 17.1 Å². The molecule has 232 valence electrons. The van der Waals surface area contributed by atoms with E-state index < -0.39 is 29.7 Å². The van der Waals surface area contributed by atoms with Gasteiger partial charge in [-0.25, -0.2) is 4.79 Å². The highest BCUT2D eigenvalue weighted by atomic mass is 16.6. The predicted molar refractivity (Wildman–Crippen MR) is 161 cm³/mol. The van der Waals surface area contributed by atoms with E-state index >= 15 is 0 Å². The van der Waals surface area contributed by atoms with Gasteiger partial charge in [-0.05, 0) is 38.3 Å². The molecule has 0 amide bonds. The lowest BCUT2D eigenvalue weighted by Gasteiger charge is -2.34. The predicted octanol–water partition coefficient (Wildman–Crippen LogP) is 5.01. The normalized spacial score (nSPS) is 22.8. The van der Waals surface area contributed by atoms with Gasteiger partial charge in [0, 0.05) is 12.8 Å². The quantitative estimate of drug-likeness (QED) is 0.128. The van der Waals surface area contributed by atoms with Gasteiger partial charge in [0.05, 0.1) is 6.61 Å². The first-order valence-corrected chi connectivity index (χ1v) is 16.1. The van der Waals surface area contributed by atoms with Crippen LogP contribution in [-0.4, -0.2) is 57.8 Å². The molecule has 4 atom stereocenters. The molecular weight excluding hydrogens is 508 g/mol. The van der Waals surface area contributed by atoms with Crippen molar-refractivity contribution in [3.05, 3.63) is 22.7 Å². The molecule has 1 saturated heterocycles. The summed E-state index contributed by atoms with van der Waals surface area (Å²) in [7, 11) is 0. The van der Waals surface area contributed by atoms with Crippen LogP contribution in [0.4, 0.5) is 5.82 Å². The highest BCUT2D eigenvalue weighted by Crippen LogP contribution is 2.40. The lowest BCUT2D eigenvalue weighted by atomic mass is 9.95. The molecule has 1 aliphatic rings. The zero-order chi connectivity index (χ0) is 29.1. The lowest BCUT2D eigenvalue weighted by Crippen LogP contribution is -2.51. The monoisotopic (exact) mass is 566 g/mol. The van der Waals surface area contributed by atoms with Gasteiger partial charge in [-0.1, -0.05) is 103 Å². The number of rotatable bonds is 24. The highest BCUT2D eigenvalue weighted by Gasteiger charge is 2.56. The molecule has 2 heterocycles. The summed E-state index contributed by atoms with van der Waals surface area (Å²) < 4.78 is 13.7. The third-order valence-corrected chi connectivity index (χ3v) is 8.21. The van der Waals surface area contributed by atoms with Gasteiger partial charge >= 0.3 is 5.69 Å². The molecule has 0 saturated carbocycles. The minimum atomic E-state index is -1.37. The number of aliphatic hydroxyl groups is 2. The van der Waals surface area contributed by atoms with Crippen LogP contribution >= 0.6 is 0 Å². The van der Waals surface area contributed by atoms with Crippen molar-refractivity contribution >= 4 is 5.82 Å². The van der Waals surface area contributed by atoms with Crippen molar-refractivity contribution in [2.45, 2.75) is 153 Å². The molecular formula is C31H58N4O5. The maximum atomic E-state index is 12.8. The highest BCUT2D eigenvalue weighted by molar-refractivity contribution is 5.24. The molecule has 6 N–H and O–H groups in total. The fourth-order valence-electron chi connectivity index (χ4n) is 5.82. The molecule has 1 aliphatic heterocycles. The summed E-state index contributed by atoms with van der Waals surface area (Å²) in [6.07, 6.45) is 20.7. The van der Waals surface area contributed by atoms with Crippen molar-refractivity contribution in [3.63, 3.8) is 0 Å². The van der Waals surface area contributed by atoms with Crippen LogP contribution in [0.2, 0.25) is 0 Å². The Balaban J connectivity index is 1.77. The van der Waals surface area contributed by atoms with E-state index in [1.54, 1.807) is 0 Å². The molecule has 0 aliphatic carbocycles. The van der Waals surface area contributed by atoms with Crippen molar-refractivity contribution in [1.82, 2.24) is 9.55 Å². The number of unbranched alkanes of at least 4 members (excludes halogenated alkanes) is 16. The number of nitrogens with zero attached hydrogens (tertiary/aromatic N) is 2. The molecule has 40 heavy (non-hydrogen) atoms. The average Bonchev–Trinajstić information content (AvgIpc) is 3.21. The summed E-state index contributed by atoms with van der Waals surface area (Å²) in [5.41, 5.74) is 9.36. The van der Waals surface area contributed by atoms with Gasteiger partial charge in [0.15, 0.2) is 5.72 Å². The molecule has 0 unspecified atom stereocenters. The molecule has 1 fully saturated rings. The van der Waals surface area contributed by atoms with E-state index in [-0.39, 0.29) is 12.4 Å². The summed E-state index contributed by atoms with van der Waals surface area (Å²) in [4.78, 5) is 16.6. The van der Waals surface area contributed by atoms with Crippen LogP contribution < -0.4 is 17.2 Å².